The normalized spacial score (nSPS) is 12.0. The van der Waals surface area contributed by atoms with Crippen LogP contribution in [0, 0.1) is 0 Å². The number of hydrogen-bond acceptors (Lipinski definition) is 2. The van der Waals surface area contributed by atoms with E-state index < -0.39 is 5.97 Å². The van der Waals surface area contributed by atoms with Crippen molar-refractivity contribution in [3.8, 4) is 0 Å². The number of ether oxygens (including phenoxy) is 1. The van der Waals surface area contributed by atoms with E-state index in [1.807, 2.05) is 24.3 Å². The van der Waals surface area contributed by atoms with Gasteiger partial charge in [-0.1, -0.05) is 100 Å². The molecular weight excluding hydrogens is 312 g/mol. The largest absolute Gasteiger partial charge is 0.478 e. The summed E-state index contributed by atoms with van der Waals surface area (Å²) in [6.45, 7) is 2.25. The molecule has 0 fully saturated rings. The average Bonchev–Trinajstić information content (AvgIpc) is 2.58. The third-order valence-corrected chi connectivity index (χ3v) is 3.13. The number of carboxylic acid groups (broad SMARTS) is 1. The lowest BCUT2D eigenvalue weighted by Gasteiger charge is -1.98. The molecule has 0 saturated carbocycles. The lowest BCUT2D eigenvalue weighted by Crippen LogP contribution is -1.84. The molecule has 0 atom stereocenters. The first-order valence-electron chi connectivity index (χ1n) is 9.15. The van der Waals surface area contributed by atoms with Crippen LogP contribution in [0.3, 0.4) is 0 Å². The van der Waals surface area contributed by atoms with Gasteiger partial charge in [0.25, 0.3) is 0 Å². The molecule has 0 aromatic heterocycles. The number of aliphatic carboxylic acids is 1. The minimum absolute atomic E-state index is 0.931. The lowest BCUT2D eigenvalue weighted by molar-refractivity contribution is -0.131. The number of allylic oxidation sites excluding steroid dienone is 9. The van der Waals surface area contributed by atoms with Crippen LogP contribution in [0.1, 0.15) is 58.3 Å². The van der Waals surface area contributed by atoms with Gasteiger partial charge in [-0.15, -0.1) is 0 Å². The van der Waals surface area contributed by atoms with E-state index in [0.717, 1.165) is 12.5 Å². The molecule has 0 aliphatic carbocycles. The van der Waals surface area contributed by atoms with E-state index in [1.165, 1.54) is 51.0 Å². The topological polar surface area (TPSA) is 46.5 Å². The molecule has 25 heavy (non-hydrogen) atoms. The Morgan fingerprint density at radius 2 is 1.20 bits per heavy atom. The van der Waals surface area contributed by atoms with Crippen molar-refractivity contribution in [2.45, 2.75) is 58.3 Å². The Morgan fingerprint density at radius 1 is 0.760 bits per heavy atom. The molecule has 1 N–H and O–H groups in total. The zero-order valence-electron chi connectivity index (χ0n) is 16.2. The van der Waals surface area contributed by atoms with Crippen molar-refractivity contribution in [3.05, 3.63) is 60.8 Å². The first-order valence-corrected chi connectivity index (χ1v) is 9.15. The molecule has 0 rings (SSSR count). The fraction of sp³-hybridized carbons (Fsp3) is 0.500. The van der Waals surface area contributed by atoms with Crippen molar-refractivity contribution in [3.63, 3.8) is 0 Å². The second-order valence-electron chi connectivity index (χ2n) is 5.60. The van der Waals surface area contributed by atoms with Gasteiger partial charge in [0.2, 0.25) is 0 Å². The van der Waals surface area contributed by atoms with Gasteiger partial charge in [0, 0.05) is 20.3 Å². The second kappa shape index (κ2) is 24.4. The molecule has 0 aliphatic rings. The molecule has 0 bridgehead atoms. The first-order chi connectivity index (χ1) is 12.2. The lowest BCUT2D eigenvalue weighted by atomic mass is 10.1. The molecule has 3 heteroatoms. The van der Waals surface area contributed by atoms with Crippen molar-refractivity contribution < 1.29 is 14.6 Å². The summed E-state index contributed by atoms with van der Waals surface area (Å²) in [6.07, 6.45) is 28.8. The van der Waals surface area contributed by atoms with Gasteiger partial charge in [0.15, 0.2) is 0 Å². The van der Waals surface area contributed by atoms with Crippen molar-refractivity contribution in [1.29, 1.82) is 0 Å². The number of hydrogen-bond donors (Lipinski definition) is 1. The Labute approximate surface area is 154 Å². The van der Waals surface area contributed by atoms with E-state index in [0.29, 0.717) is 0 Å². The fourth-order valence-corrected chi connectivity index (χ4v) is 1.92. The second-order valence-corrected chi connectivity index (χ2v) is 5.60. The molecular formula is C22H36O3. The standard InChI is InChI=1S/C20H30O2.C2H6O/c1-2-3-4-5-6-7-8-9-10-11-12-13-14-15-16-17-18-19-20(21)22;1-3-2/h10-19H,2-9H2,1H3,(H,21,22);1-2H3/b11-10+,13-12+,15-14+,17-16+,19-18+;. The highest BCUT2D eigenvalue weighted by molar-refractivity contribution is 5.80. The maximum absolute atomic E-state index is 10.2. The Balaban J connectivity index is 0. The van der Waals surface area contributed by atoms with Crippen LogP contribution >= 0.6 is 0 Å². The molecule has 3 nitrogen and oxygen atoms in total. The van der Waals surface area contributed by atoms with Crippen LogP contribution in [0.25, 0.3) is 0 Å². The van der Waals surface area contributed by atoms with Crippen LogP contribution in [0.4, 0.5) is 0 Å². The highest BCUT2D eigenvalue weighted by Crippen LogP contribution is 2.08. The summed E-state index contributed by atoms with van der Waals surface area (Å²) in [6, 6.07) is 0. The summed E-state index contributed by atoms with van der Waals surface area (Å²) in [7, 11) is 3.25. The molecule has 0 amide bonds. The van der Waals surface area contributed by atoms with Gasteiger partial charge in [-0.2, -0.15) is 0 Å². The smallest absolute Gasteiger partial charge is 0.328 e. The Morgan fingerprint density at radius 3 is 1.72 bits per heavy atom. The summed E-state index contributed by atoms with van der Waals surface area (Å²) in [4.78, 5) is 10.2. The summed E-state index contributed by atoms with van der Waals surface area (Å²) in [5.41, 5.74) is 0. The molecule has 0 saturated heterocycles. The summed E-state index contributed by atoms with van der Waals surface area (Å²) in [5, 5.41) is 8.38. The van der Waals surface area contributed by atoms with Gasteiger partial charge in [0.1, 0.15) is 0 Å². The molecule has 142 valence electrons. The van der Waals surface area contributed by atoms with E-state index in [1.54, 1.807) is 26.4 Å². The number of unbranched alkanes of at least 4 members (excludes halogenated alkanes) is 7. The van der Waals surface area contributed by atoms with Crippen LogP contribution in [-0.4, -0.2) is 25.3 Å². The van der Waals surface area contributed by atoms with E-state index in [2.05, 4.69) is 23.8 Å². The van der Waals surface area contributed by atoms with Crippen LogP contribution in [-0.2, 0) is 9.53 Å². The van der Waals surface area contributed by atoms with Crippen molar-refractivity contribution in [2.75, 3.05) is 14.2 Å². The number of rotatable bonds is 13. The van der Waals surface area contributed by atoms with Gasteiger partial charge in [0.05, 0.1) is 0 Å². The Bertz CT molecular complexity index is 415. The monoisotopic (exact) mass is 348 g/mol. The molecule has 0 heterocycles. The zero-order chi connectivity index (χ0) is 19.0. The minimum Gasteiger partial charge on any atom is -0.478 e. The van der Waals surface area contributed by atoms with Crippen molar-refractivity contribution in [2.24, 2.45) is 0 Å². The third-order valence-electron chi connectivity index (χ3n) is 3.13. The minimum atomic E-state index is -0.931. The fourth-order valence-electron chi connectivity index (χ4n) is 1.92. The number of methoxy groups -OCH3 is 1. The molecule has 0 aromatic rings. The molecule has 0 aliphatic heterocycles. The summed E-state index contributed by atoms with van der Waals surface area (Å²) < 4.78 is 4.25. The highest BCUT2D eigenvalue weighted by Gasteiger charge is 1.88. The molecule has 0 radical (unpaired) electrons. The van der Waals surface area contributed by atoms with Gasteiger partial charge in [-0.05, 0) is 12.8 Å². The number of carbonyl (C=O) groups is 1. The zero-order valence-corrected chi connectivity index (χ0v) is 16.2. The Hall–Kier alpha value is -1.87. The van der Waals surface area contributed by atoms with Crippen molar-refractivity contribution >= 4 is 5.97 Å². The third kappa shape index (κ3) is 30.6. The van der Waals surface area contributed by atoms with Crippen LogP contribution in [0.15, 0.2) is 60.8 Å². The highest BCUT2D eigenvalue weighted by atomic mass is 16.4. The molecule has 0 aromatic carbocycles. The summed E-state index contributed by atoms with van der Waals surface area (Å²) in [5.74, 6) is -0.931. The van der Waals surface area contributed by atoms with E-state index in [4.69, 9.17) is 5.11 Å². The van der Waals surface area contributed by atoms with Crippen LogP contribution < -0.4 is 0 Å². The first kappa shape index (κ1) is 25.4. The SMILES string of the molecule is CCCCCCCCC/C=C/C=C/C=C/C=C/C=C/C(=O)O.COC. The molecule has 0 unspecified atom stereocenters. The van der Waals surface area contributed by atoms with Crippen LogP contribution in [0.2, 0.25) is 0 Å². The van der Waals surface area contributed by atoms with E-state index in [9.17, 15) is 4.79 Å². The van der Waals surface area contributed by atoms with Gasteiger partial charge in [-0.25, -0.2) is 4.79 Å². The van der Waals surface area contributed by atoms with Crippen molar-refractivity contribution in [1.82, 2.24) is 0 Å². The van der Waals surface area contributed by atoms with E-state index in [-0.39, 0.29) is 0 Å². The maximum Gasteiger partial charge on any atom is 0.328 e. The Kier molecular flexibility index (Phi) is 24.7. The van der Waals surface area contributed by atoms with Gasteiger partial charge >= 0.3 is 5.97 Å². The van der Waals surface area contributed by atoms with E-state index >= 15 is 0 Å². The quantitative estimate of drug-likeness (QED) is 0.243. The number of carboxylic acids is 1. The van der Waals surface area contributed by atoms with Crippen LogP contribution in [0.5, 0.6) is 0 Å². The van der Waals surface area contributed by atoms with Gasteiger partial charge < -0.3 is 9.84 Å². The maximum atomic E-state index is 10.2. The van der Waals surface area contributed by atoms with Gasteiger partial charge in [-0.3, -0.25) is 0 Å². The summed E-state index contributed by atoms with van der Waals surface area (Å²) >= 11 is 0. The predicted octanol–water partition coefficient (Wildman–Crippen LogP) is 6.26. The average molecular weight is 349 g/mol. The predicted molar refractivity (Wildman–Crippen MR) is 109 cm³/mol. The molecule has 0 spiro atoms.